The van der Waals surface area contributed by atoms with Crippen LogP contribution in [0.3, 0.4) is 0 Å². The van der Waals surface area contributed by atoms with Crippen LogP contribution in [-0.4, -0.2) is 5.78 Å². The van der Waals surface area contributed by atoms with Gasteiger partial charge in [0.1, 0.15) is 17.7 Å². The number of allylic oxidation sites excluding steroid dienone is 3. The van der Waals surface area contributed by atoms with Crippen molar-refractivity contribution in [2.45, 2.75) is 39.5 Å². The van der Waals surface area contributed by atoms with E-state index in [9.17, 15) is 15.3 Å². The lowest BCUT2D eigenvalue weighted by molar-refractivity contribution is 0.104. The number of nitrogens with zero attached hydrogens (tertiary/aromatic N) is 2. The molecule has 4 rings (SSSR count). The molecule has 0 radical (unpaired) electrons. The highest BCUT2D eigenvalue weighted by Gasteiger charge is 2.32. The summed E-state index contributed by atoms with van der Waals surface area (Å²) in [4.78, 5) is 15.2. The Labute approximate surface area is 198 Å². The molecule has 0 amide bonds. The summed E-state index contributed by atoms with van der Waals surface area (Å²) in [5, 5.41) is 19.0. The van der Waals surface area contributed by atoms with Gasteiger partial charge in [-0.2, -0.15) is 10.5 Å². The number of hydrogen-bond donors (Lipinski definition) is 0. The molecule has 0 atom stereocenters. The van der Waals surface area contributed by atoms with E-state index in [0.29, 0.717) is 34.1 Å². The monoisotopic (exact) mass is 448 g/mol. The van der Waals surface area contributed by atoms with Crippen LogP contribution in [0.2, 0.25) is 0 Å². The summed E-state index contributed by atoms with van der Waals surface area (Å²) in [5.74, 6) is 0.714. The lowest BCUT2D eigenvalue weighted by atomic mass is 9.93. The second-order valence-corrected chi connectivity index (χ2v) is 9.92. The van der Waals surface area contributed by atoms with Crippen LogP contribution in [0.5, 0.6) is 0 Å². The number of thiophene rings is 1. The number of ketones is 1. The van der Waals surface area contributed by atoms with E-state index in [-0.39, 0.29) is 11.4 Å². The van der Waals surface area contributed by atoms with Crippen molar-refractivity contribution >= 4 is 28.8 Å². The quantitative estimate of drug-likeness (QED) is 0.303. The second kappa shape index (κ2) is 9.02. The number of nitriles is 2. The fraction of sp³-hybridized carbons (Fsp3) is 0.207. The average Bonchev–Trinajstić information content (AvgIpc) is 3.39. The Morgan fingerprint density at radius 3 is 2.06 bits per heavy atom. The molecule has 4 heteroatoms. The van der Waals surface area contributed by atoms with Gasteiger partial charge in [0.15, 0.2) is 5.78 Å². The van der Waals surface area contributed by atoms with Crippen LogP contribution in [0.15, 0.2) is 65.7 Å². The molecule has 0 N–H and O–H groups in total. The lowest BCUT2D eigenvalue weighted by Crippen LogP contribution is -1.95. The van der Waals surface area contributed by atoms with Gasteiger partial charge >= 0.3 is 0 Å². The van der Waals surface area contributed by atoms with E-state index in [1.165, 1.54) is 16.7 Å². The van der Waals surface area contributed by atoms with Crippen molar-refractivity contribution in [2.75, 3.05) is 0 Å². The van der Waals surface area contributed by atoms with Crippen LogP contribution in [0.1, 0.15) is 71.5 Å². The van der Waals surface area contributed by atoms with Crippen molar-refractivity contribution in [2.24, 2.45) is 0 Å². The zero-order chi connectivity index (χ0) is 23.7. The van der Waals surface area contributed by atoms with Crippen molar-refractivity contribution < 1.29 is 4.79 Å². The minimum Gasteiger partial charge on any atom is -0.289 e. The van der Waals surface area contributed by atoms with Gasteiger partial charge in [-0.05, 0) is 52.3 Å². The van der Waals surface area contributed by atoms with Crippen LogP contribution in [-0.2, 0) is 0 Å². The normalized spacial score (nSPS) is 14.0. The highest BCUT2D eigenvalue weighted by molar-refractivity contribution is 7.16. The fourth-order valence-electron chi connectivity index (χ4n) is 4.06. The van der Waals surface area contributed by atoms with E-state index >= 15 is 0 Å². The highest BCUT2D eigenvalue weighted by Crippen LogP contribution is 2.41. The number of Topliss-reactive ketones (excluding diaryl/α,β-unsaturated/α-hetero) is 1. The Morgan fingerprint density at radius 2 is 1.48 bits per heavy atom. The predicted octanol–water partition coefficient (Wildman–Crippen LogP) is 7.74. The molecule has 3 aromatic rings. The molecule has 0 aliphatic heterocycles. The first-order valence-electron chi connectivity index (χ1n) is 11.0. The molecule has 0 fully saturated rings. The molecular weight excluding hydrogens is 424 g/mol. The van der Waals surface area contributed by atoms with Crippen LogP contribution in [0, 0.1) is 22.7 Å². The Balaban J connectivity index is 1.81. The van der Waals surface area contributed by atoms with Gasteiger partial charge in [0.05, 0.1) is 0 Å². The number of carbonyl (C=O) groups excluding carboxylic acids is 1. The minimum absolute atomic E-state index is 0.0393. The number of benzene rings is 2. The third-order valence-electron chi connectivity index (χ3n) is 5.94. The van der Waals surface area contributed by atoms with Gasteiger partial charge in [-0.3, -0.25) is 4.79 Å². The van der Waals surface area contributed by atoms with Gasteiger partial charge in [0.25, 0.3) is 0 Å². The van der Waals surface area contributed by atoms with E-state index in [1.807, 2.05) is 30.3 Å². The Kier molecular flexibility index (Phi) is 6.14. The summed E-state index contributed by atoms with van der Waals surface area (Å²) < 4.78 is 0. The maximum Gasteiger partial charge on any atom is 0.194 e. The number of hydrogen-bond acceptors (Lipinski definition) is 4. The fourth-order valence-corrected chi connectivity index (χ4v) is 5.00. The zero-order valence-corrected chi connectivity index (χ0v) is 20.0. The SMILES string of the molecule is CC(C)c1cc(-c2ccc(/C=C3\C(=O)c4ccccc4C3=C(C#N)C#N)s2)cc(C(C)C)c1. The van der Waals surface area contributed by atoms with Crippen molar-refractivity contribution in [1.82, 2.24) is 0 Å². The third kappa shape index (κ3) is 4.19. The molecule has 0 saturated carbocycles. The Bertz CT molecular complexity index is 1360. The van der Waals surface area contributed by atoms with E-state index < -0.39 is 0 Å². The van der Waals surface area contributed by atoms with E-state index in [1.54, 1.807) is 29.5 Å². The lowest BCUT2D eigenvalue weighted by Gasteiger charge is -2.13. The molecule has 0 unspecified atom stereocenters. The summed E-state index contributed by atoms with van der Waals surface area (Å²) in [6.45, 7) is 8.80. The zero-order valence-electron chi connectivity index (χ0n) is 19.1. The smallest absolute Gasteiger partial charge is 0.194 e. The highest BCUT2D eigenvalue weighted by atomic mass is 32.1. The standard InChI is InChI=1S/C29H24N2OS/c1-17(2)19-11-20(18(3)4)13-21(12-19)27-10-9-23(33-27)14-26-28(22(15-30)16-31)24-7-5-6-8-25(24)29(26)32/h5-14,17-18H,1-4H3/b26-14-. The van der Waals surface area contributed by atoms with E-state index in [0.717, 1.165) is 9.75 Å². The number of carbonyl (C=O) groups is 1. The third-order valence-corrected chi connectivity index (χ3v) is 7.02. The molecule has 3 nitrogen and oxygen atoms in total. The molecule has 0 spiro atoms. The van der Waals surface area contributed by atoms with Crippen molar-refractivity contribution in [1.29, 1.82) is 10.5 Å². The first-order valence-corrected chi connectivity index (χ1v) is 11.8. The molecular formula is C29H24N2OS. The van der Waals surface area contributed by atoms with Crippen LogP contribution >= 0.6 is 11.3 Å². The van der Waals surface area contributed by atoms with Crippen LogP contribution in [0.25, 0.3) is 22.1 Å². The topological polar surface area (TPSA) is 64.7 Å². The summed E-state index contributed by atoms with van der Waals surface area (Å²) in [5.41, 5.74) is 5.77. The van der Waals surface area contributed by atoms with Gasteiger partial charge in [-0.1, -0.05) is 70.2 Å². The average molecular weight is 449 g/mol. The van der Waals surface area contributed by atoms with Gasteiger partial charge in [0, 0.05) is 26.5 Å². The van der Waals surface area contributed by atoms with Crippen molar-refractivity contribution in [3.63, 3.8) is 0 Å². The molecule has 1 aliphatic rings. The summed E-state index contributed by atoms with van der Waals surface area (Å²) in [7, 11) is 0. The first-order chi connectivity index (χ1) is 15.8. The van der Waals surface area contributed by atoms with Crippen molar-refractivity contribution in [3.05, 3.63) is 92.9 Å². The molecule has 33 heavy (non-hydrogen) atoms. The van der Waals surface area contributed by atoms with Gasteiger partial charge in [0.2, 0.25) is 0 Å². The number of rotatable bonds is 4. The van der Waals surface area contributed by atoms with Crippen LogP contribution in [0.4, 0.5) is 0 Å². The van der Waals surface area contributed by atoms with Gasteiger partial charge in [-0.25, -0.2) is 0 Å². The van der Waals surface area contributed by atoms with Gasteiger partial charge < -0.3 is 0 Å². The molecule has 0 bridgehead atoms. The molecule has 0 saturated heterocycles. The Morgan fingerprint density at radius 1 is 0.879 bits per heavy atom. The Hall–Kier alpha value is -3.73. The molecule has 162 valence electrons. The van der Waals surface area contributed by atoms with E-state index in [4.69, 9.17) is 0 Å². The molecule has 1 heterocycles. The van der Waals surface area contributed by atoms with Crippen LogP contribution < -0.4 is 0 Å². The summed E-state index contributed by atoms with van der Waals surface area (Å²) >= 11 is 1.61. The van der Waals surface area contributed by atoms with Gasteiger partial charge in [-0.15, -0.1) is 11.3 Å². The predicted molar refractivity (Wildman–Crippen MR) is 135 cm³/mol. The largest absolute Gasteiger partial charge is 0.289 e. The van der Waals surface area contributed by atoms with Crippen molar-refractivity contribution in [3.8, 4) is 22.6 Å². The second-order valence-electron chi connectivity index (χ2n) is 8.81. The molecule has 1 aliphatic carbocycles. The maximum absolute atomic E-state index is 13.1. The summed E-state index contributed by atoms with van der Waals surface area (Å²) in [6.07, 6.45) is 1.82. The molecule has 2 aromatic carbocycles. The van der Waals surface area contributed by atoms with E-state index in [2.05, 4.69) is 52.0 Å². The first kappa shape index (κ1) is 22.5. The maximum atomic E-state index is 13.1. The number of fused-ring (bicyclic) bond motifs is 1. The summed E-state index contributed by atoms with van der Waals surface area (Å²) in [6, 6.07) is 21.9. The molecule has 1 aromatic heterocycles. The minimum atomic E-state index is -0.151.